The van der Waals surface area contributed by atoms with Crippen molar-refractivity contribution in [2.45, 2.75) is 19.4 Å². The van der Waals surface area contributed by atoms with Crippen LogP contribution in [-0.2, 0) is 6.54 Å². The summed E-state index contributed by atoms with van der Waals surface area (Å²) in [5.41, 5.74) is 1.28. The molecule has 20 heavy (non-hydrogen) atoms. The molecule has 1 aliphatic carbocycles. The molecule has 1 aliphatic rings. The summed E-state index contributed by atoms with van der Waals surface area (Å²) in [5.74, 6) is 0.363. The van der Waals surface area contributed by atoms with E-state index in [-0.39, 0.29) is 5.02 Å². The zero-order valence-electron chi connectivity index (χ0n) is 10.6. The second-order valence-corrected chi connectivity index (χ2v) is 6.70. The van der Waals surface area contributed by atoms with Crippen LogP contribution in [0.5, 0.6) is 0 Å². The van der Waals surface area contributed by atoms with Crippen molar-refractivity contribution in [3.63, 3.8) is 0 Å². The van der Waals surface area contributed by atoms with E-state index in [1.165, 1.54) is 25.0 Å². The molecule has 1 heterocycles. The quantitative estimate of drug-likeness (QED) is 0.800. The molecule has 0 unspecified atom stereocenters. The summed E-state index contributed by atoms with van der Waals surface area (Å²) >= 11 is 13.3. The van der Waals surface area contributed by atoms with Crippen molar-refractivity contribution in [1.29, 1.82) is 0 Å². The van der Waals surface area contributed by atoms with E-state index in [4.69, 9.17) is 23.2 Å². The Balaban J connectivity index is 1.73. The fraction of sp³-hybridized carbons (Fsp3) is 0.357. The van der Waals surface area contributed by atoms with Crippen molar-refractivity contribution in [3.05, 3.63) is 38.4 Å². The van der Waals surface area contributed by atoms with Gasteiger partial charge in [0.15, 0.2) is 0 Å². The molecule has 0 bridgehead atoms. The monoisotopic (exact) mass is 330 g/mol. The van der Waals surface area contributed by atoms with Gasteiger partial charge in [-0.05, 0) is 37.4 Å². The van der Waals surface area contributed by atoms with Gasteiger partial charge in [-0.15, -0.1) is 11.3 Å². The van der Waals surface area contributed by atoms with Crippen molar-refractivity contribution in [1.82, 2.24) is 10.3 Å². The normalized spacial score (nSPS) is 14.8. The van der Waals surface area contributed by atoms with Gasteiger partial charge < -0.3 is 5.32 Å². The molecule has 0 aliphatic heterocycles. The van der Waals surface area contributed by atoms with Crippen LogP contribution in [0.1, 0.15) is 17.8 Å². The van der Waals surface area contributed by atoms with Crippen molar-refractivity contribution < 1.29 is 4.39 Å². The Kier molecular flexibility index (Phi) is 4.26. The number of hydrogen-bond donors (Lipinski definition) is 1. The summed E-state index contributed by atoms with van der Waals surface area (Å²) in [6.45, 7) is 1.79. The number of nitrogens with one attached hydrogen (secondary N) is 1. The summed E-state index contributed by atoms with van der Waals surface area (Å²) in [7, 11) is 0. The summed E-state index contributed by atoms with van der Waals surface area (Å²) in [6, 6.07) is 2.75. The van der Waals surface area contributed by atoms with Crippen LogP contribution in [0.25, 0.3) is 11.3 Å². The molecule has 6 heteroatoms. The van der Waals surface area contributed by atoms with Gasteiger partial charge in [-0.2, -0.15) is 0 Å². The Hall–Kier alpha value is -0.680. The number of thiazole rings is 1. The lowest BCUT2D eigenvalue weighted by atomic mass is 10.2. The van der Waals surface area contributed by atoms with Gasteiger partial charge >= 0.3 is 0 Å². The SMILES string of the molecule is Fc1cc(-c2csc(CNCC3CC3)n2)c(Cl)cc1Cl. The summed E-state index contributed by atoms with van der Waals surface area (Å²) < 4.78 is 13.5. The molecule has 1 saturated carbocycles. The molecular formula is C14H13Cl2FN2S. The fourth-order valence-electron chi connectivity index (χ4n) is 1.94. The zero-order chi connectivity index (χ0) is 14.1. The van der Waals surface area contributed by atoms with Crippen LogP contribution in [-0.4, -0.2) is 11.5 Å². The predicted molar refractivity (Wildman–Crippen MR) is 82.0 cm³/mol. The minimum absolute atomic E-state index is 0.0281. The molecule has 1 N–H and O–H groups in total. The summed E-state index contributed by atoms with van der Waals surface area (Å²) in [5, 5.41) is 6.70. The smallest absolute Gasteiger partial charge is 0.142 e. The van der Waals surface area contributed by atoms with Crippen LogP contribution >= 0.6 is 34.5 Å². The van der Waals surface area contributed by atoms with Gasteiger partial charge in [0.2, 0.25) is 0 Å². The first-order chi connectivity index (χ1) is 9.63. The Bertz CT molecular complexity index is 626. The van der Waals surface area contributed by atoms with Gasteiger partial charge in [-0.25, -0.2) is 9.37 Å². The molecule has 0 atom stereocenters. The molecule has 0 radical (unpaired) electrons. The topological polar surface area (TPSA) is 24.9 Å². The maximum absolute atomic E-state index is 13.5. The number of aromatic nitrogens is 1. The minimum Gasteiger partial charge on any atom is -0.310 e. The van der Waals surface area contributed by atoms with Crippen molar-refractivity contribution in [2.24, 2.45) is 5.92 Å². The standard InChI is InChI=1S/C14H13Cl2FN2S/c15-10-4-11(16)12(17)3-9(10)13-7-20-14(19-13)6-18-5-8-1-2-8/h3-4,7-8,18H,1-2,5-6H2. The van der Waals surface area contributed by atoms with Crippen LogP contribution in [0.4, 0.5) is 4.39 Å². The highest BCUT2D eigenvalue weighted by Crippen LogP contribution is 2.33. The lowest BCUT2D eigenvalue weighted by molar-refractivity contribution is 0.628. The van der Waals surface area contributed by atoms with Crippen LogP contribution < -0.4 is 5.32 Å². The van der Waals surface area contributed by atoms with Crippen LogP contribution in [0.2, 0.25) is 10.0 Å². The Morgan fingerprint density at radius 3 is 2.85 bits per heavy atom. The summed E-state index contributed by atoms with van der Waals surface area (Å²) in [4.78, 5) is 4.49. The van der Waals surface area contributed by atoms with Crippen LogP contribution in [0, 0.1) is 11.7 Å². The fourth-order valence-corrected chi connectivity index (χ4v) is 3.18. The van der Waals surface area contributed by atoms with Gasteiger partial charge in [-0.3, -0.25) is 0 Å². The first kappa shape index (κ1) is 14.3. The van der Waals surface area contributed by atoms with E-state index in [2.05, 4.69) is 10.3 Å². The van der Waals surface area contributed by atoms with Gasteiger partial charge in [0, 0.05) is 17.5 Å². The average Bonchev–Trinajstić information content (AvgIpc) is 3.11. The second-order valence-electron chi connectivity index (χ2n) is 4.95. The first-order valence-electron chi connectivity index (χ1n) is 6.43. The number of nitrogens with zero attached hydrogens (tertiary/aromatic N) is 1. The molecule has 3 rings (SSSR count). The Morgan fingerprint density at radius 2 is 2.10 bits per heavy atom. The molecule has 1 fully saturated rings. The number of hydrogen-bond acceptors (Lipinski definition) is 3. The number of halogens is 3. The summed E-state index contributed by atoms with van der Waals surface area (Å²) in [6.07, 6.45) is 2.66. The van der Waals surface area contributed by atoms with E-state index in [0.717, 1.165) is 24.0 Å². The van der Waals surface area contributed by atoms with E-state index in [1.807, 2.05) is 5.38 Å². The van der Waals surface area contributed by atoms with Gasteiger partial charge in [0.05, 0.1) is 15.7 Å². The third kappa shape index (κ3) is 3.31. The molecule has 0 spiro atoms. The van der Waals surface area contributed by atoms with Crippen LogP contribution in [0.3, 0.4) is 0 Å². The maximum atomic E-state index is 13.5. The molecule has 1 aromatic carbocycles. The Morgan fingerprint density at radius 1 is 1.30 bits per heavy atom. The number of benzene rings is 1. The molecule has 106 valence electrons. The lowest BCUT2D eigenvalue weighted by Crippen LogP contribution is -2.15. The Labute approximate surface area is 130 Å². The third-order valence-electron chi connectivity index (χ3n) is 3.24. The number of rotatable bonds is 5. The van der Waals surface area contributed by atoms with Gasteiger partial charge in [0.25, 0.3) is 0 Å². The molecule has 1 aromatic heterocycles. The van der Waals surface area contributed by atoms with E-state index in [1.54, 1.807) is 11.3 Å². The molecule has 2 aromatic rings. The third-order valence-corrected chi connectivity index (χ3v) is 4.69. The second kappa shape index (κ2) is 5.98. The largest absolute Gasteiger partial charge is 0.310 e. The molecule has 0 saturated heterocycles. The van der Waals surface area contributed by atoms with E-state index < -0.39 is 5.82 Å². The van der Waals surface area contributed by atoms with Gasteiger partial charge in [0.1, 0.15) is 10.8 Å². The lowest BCUT2D eigenvalue weighted by Gasteiger charge is -2.03. The first-order valence-corrected chi connectivity index (χ1v) is 8.07. The molecule has 0 amide bonds. The van der Waals surface area contributed by atoms with E-state index in [9.17, 15) is 4.39 Å². The van der Waals surface area contributed by atoms with Crippen LogP contribution in [0.15, 0.2) is 17.5 Å². The molecular weight excluding hydrogens is 318 g/mol. The highest BCUT2D eigenvalue weighted by Gasteiger charge is 2.20. The highest BCUT2D eigenvalue weighted by atomic mass is 35.5. The maximum Gasteiger partial charge on any atom is 0.142 e. The average molecular weight is 331 g/mol. The highest BCUT2D eigenvalue weighted by molar-refractivity contribution is 7.09. The van der Waals surface area contributed by atoms with E-state index in [0.29, 0.717) is 16.3 Å². The van der Waals surface area contributed by atoms with Crippen molar-refractivity contribution >= 4 is 34.5 Å². The zero-order valence-corrected chi connectivity index (χ0v) is 13.0. The predicted octanol–water partition coefficient (Wildman–Crippen LogP) is 4.76. The van der Waals surface area contributed by atoms with Gasteiger partial charge in [-0.1, -0.05) is 23.2 Å². The van der Waals surface area contributed by atoms with E-state index >= 15 is 0 Å². The van der Waals surface area contributed by atoms with Crippen molar-refractivity contribution in [2.75, 3.05) is 6.54 Å². The van der Waals surface area contributed by atoms with Crippen molar-refractivity contribution in [3.8, 4) is 11.3 Å². The minimum atomic E-state index is -0.479. The molecule has 2 nitrogen and oxygen atoms in total.